The Hall–Kier alpha value is -2.49. The number of ether oxygens (including phenoxy) is 2. The lowest BCUT2D eigenvalue weighted by Gasteiger charge is -2.08. The molecule has 4 heteroatoms. The van der Waals surface area contributed by atoms with Crippen LogP contribution in [0, 0.1) is 0 Å². The van der Waals surface area contributed by atoms with Crippen molar-refractivity contribution in [2.24, 2.45) is 5.16 Å². The van der Waals surface area contributed by atoms with Gasteiger partial charge in [-0.3, -0.25) is 0 Å². The zero-order valence-corrected chi connectivity index (χ0v) is 11.5. The molecule has 0 aliphatic heterocycles. The average molecular weight is 271 g/mol. The molecule has 0 saturated carbocycles. The molecule has 0 bridgehead atoms. The molecule has 2 aromatic rings. The fourth-order valence-corrected chi connectivity index (χ4v) is 1.76. The Morgan fingerprint density at radius 2 is 1.85 bits per heavy atom. The van der Waals surface area contributed by atoms with Crippen molar-refractivity contribution in [1.82, 2.24) is 0 Å². The SMILES string of the molecule is COc1ccc(COc2cccc(/C(C)=N/O)c2)cc1. The van der Waals surface area contributed by atoms with E-state index in [0.29, 0.717) is 12.3 Å². The highest BCUT2D eigenvalue weighted by atomic mass is 16.5. The summed E-state index contributed by atoms with van der Waals surface area (Å²) < 4.78 is 10.8. The van der Waals surface area contributed by atoms with Crippen LogP contribution in [0.3, 0.4) is 0 Å². The molecule has 0 radical (unpaired) electrons. The molecule has 0 heterocycles. The molecule has 0 saturated heterocycles. The zero-order chi connectivity index (χ0) is 14.4. The highest BCUT2D eigenvalue weighted by molar-refractivity contribution is 5.98. The standard InChI is InChI=1S/C16H17NO3/c1-12(17-18)14-4-3-5-16(10-14)20-11-13-6-8-15(19-2)9-7-13/h3-10,18H,11H2,1-2H3/b17-12+. The predicted octanol–water partition coefficient (Wildman–Crippen LogP) is 3.47. The third-order valence-corrected chi connectivity index (χ3v) is 2.97. The third kappa shape index (κ3) is 3.51. The Kier molecular flexibility index (Phi) is 4.60. The monoisotopic (exact) mass is 271 g/mol. The summed E-state index contributed by atoms with van der Waals surface area (Å²) in [5.41, 5.74) is 2.45. The van der Waals surface area contributed by atoms with E-state index in [1.807, 2.05) is 48.5 Å². The number of nitrogens with zero attached hydrogens (tertiary/aromatic N) is 1. The lowest BCUT2D eigenvalue weighted by molar-refractivity contribution is 0.305. The van der Waals surface area contributed by atoms with Gasteiger partial charge in [0.2, 0.25) is 0 Å². The van der Waals surface area contributed by atoms with Gasteiger partial charge in [-0.05, 0) is 36.8 Å². The molecule has 0 aliphatic carbocycles. The number of benzene rings is 2. The van der Waals surface area contributed by atoms with Crippen LogP contribution in [0.25, 0.3) is 0 Å². The Morgan fingerprint density at radius 1 is 1.10 bits per heavy atom. The van der Waals surface area contributed by atoms with Crippen LogP contribution < -0.4 is 9.47 Å². The summed E-state index contributed by atoms with van der Waals surface area (Å²) in [7, 11) is 1.64. The van der Waals surface area contributed by atoms with E-state index in [1.165, 1.54) is 0 Å². The van der Waals surface area contributed by atoms with Gasteiger partial charge in [-0.25, -0.2) is 0 Å². The Bertz CT molecular complexity index is 591. The van der Waals surface area contributed by atoms with Crippen molar-refractivity contribution >= 4 is 5.71 Å². The molecule has 2 aromatic carbocycles. The summed E-state index contributed by atoms with van der Waals surface area (Å²) in [5.74, 6) is 1.56. The zero-order valence-electron chi connectivity index (χ0n) is 11.5. The Balaban J connectivity index is 2.03. The lowest BCUT2D eigenvalue weighted by Crippen LogP contribution is -1.98. The number of hydrogen-bond donors (Lipinski definition) is 1. The molecule has 0 atom stereocenters. The number of hydrogen-bond acceptors (Lipinski definition) is 4. The third-order valence-electron chi connectivity index (χ3n) is 2.97. The molecule has 0 fully saturated rings. The first-order valence-electron chi connectivity index (χ1n) is 6.28. The van der Waals surface area contributed by atoms with Crippen LogP contribution in [0.4, 0.5) is 0 Å². The maximum atomic E-state index is 8.77. The molecular weight excluding hydrogens is 254 g/mol. The molecule has 0 aromatic heterocycles. The minimum atomic E-state index is 0.475. The summed E-state index contributed by atoms with van der Waals surface area (Å²) in [6.07, 6.45) is 0. The minimum absolute atomic E-state index is 0.475. The van der Waals surface area contributed by atoms with Crippen LogP contribution in [0.2, 0.25) is 0 Å². The van der Waals surface area contributed by atoms with Crippen molar-refractivity contribution in [1.29, 1.82) is 0 Å². The van der Waals surface area contributed by atoms with Crippen molar-refractivity contribution in [2.45, 2.75) is 13.5 Å². The normalized spacial score (nSPS) is 11.2. The second-order valence-corrected chi connectivity index (χ2v) is 4.35. The molecule has 0 amide bonds. The smallest absolute Gasteiger partial charge is 0.120 e. The van der Waals surface area contributed by atoms with Crippen molar-refractivity contribution in [3.8, 4) is 11.5 Å². The highest BCUT2D eigenvalue weighted by Gasteiger charge is 2.01. The maximum absolute atomic E-state index is 8.77. The molecule has 4 nitrogen and oxygen atoms in total. The van der Waals surface area contributed by atoms with E-state index in [-0.39, 0.29) is 0 Å². The lowest BCUT2D eigenvalue weighted by atomic mass is 10.1. The van der Waals surface area contributed by atoms with E-state index in [0.717, 1.165) is 22.6 Å². The predicted molar refractivity (Wildman–Crippen MR) is 77.8 cm³/mol. The van der Waals surface area contributed by atoms with Gasteiger partial charge in [0.05, 0.1) is 12.8 Å². The number of methoxy groups -OCH3 is 1. The molecule has 20 heavy (non-hydrogen) atoms. The van der Waals surface area contributed by atoms with Crippen molar-refractivity contribution < 1.29 is 14.7 Å². The fraction of sp³-hybridized carbons (Fsp3) is 0.188. The minimum Gasteiger partial charge on any atom is -0.497 e. The van der Waals surface area contributed by atoms with E-state index >= 15 is 0 Å². The van der Waals surface area contributed by atoms with Crippen molar-refractivity contribution in [3.63, 3.8) is 0 Å². The van der Waals surface area contributed by atoms with Crippen LogP contribution >= 0.6 is 0 Å². The van der Waals surface area contributed by atoms with Gasteiger partial charge in [0.15, 0.2) is 0 Å². The first-order valence-corrected chi connectivity index (χ1v) is 6.28. The highest BCUT2D eigenvalue weighted by Crippen LogP contribution is 2.17. The van der Waals surface area contributed by atoms with Gasteiger partial charge in [0, 0.05) is 5.56 Å². The van der Waals surface area contributed by atoms with Crippen LogP contribution in [0.1, 0.15) is 18.1 Å². The Morgan fingerprint density at radius 3 is 2.50 bits per heavy atom. The summed E-state index contributed by atoms with van der Waals surface area (Å²) >= 11 is 0. The van der Waals surface area contributed by atoms with Gasteiger partial charge in [-0.15, -0.1) is 0 Å². The molecule has 0 unspecified atom stereocenters. The first kappa shape index (κ1) is 13.9. The number of rotatable bonds is 5. The molecule has 1 N–H and O–H groups in total. The summed E-state index contributed by atoms with van der Waals surface area (Å²) in [5, 5.41) is 12.0. The van der Waals surface area contributed by atoms with Gasteiger partial charge >= 0.3 is 0 Å². The molecule has 2 rings (SSSR count). The van der Waals surface area contributed by atoms with Crippen molar-refractivity contribution in [3.05, 3.63) is 59.7 Å². The summed E-state index contributed by atoms with van der Waals surface area (Å²) in [6, 6.07) is 15.2. The average Bonchev–Trinajstić information content (AvgIpc) is 2.53. The second kappa shape index (κ2) is 6.61. The fourth-order valence-electron chi connectivity index (χ4n) is 1.76. The van der Waals surface area contributed by atoms with Crippen molar-refractivity contribution in [2.75, 3.05) is 7.11 Å². The van der Waals surface area contributed by atoms with E-state index in [1.54, 1.807) is 14.0 Å². The van der Waals surface area contributed by atoms with E-state index in [2.05, 4.69) is 5.16 Å². The van der Waals surface area contributed by atoms with E-state index in [4.69, 9.17) is 14.7 Å². The molecule has 0 aliphatic rings. The topological polar surface area (TPSA) is 51.0 Å². The first-order chi connectivity index (χ1) is 9.72. The maximum Gasteiger partial charge on any atom is 0.120 e. The molecule has 0 spiro atoms. The van der Waals surface area contributed by atoms with Crippen LogP contribution in [-0.2, 0) is 6.61 Å². The van der Waals surface area contributed by atoms with Gasteiger partial charge < -0.3 is 14.7 Å². The van der Waals surface area contributed by atoms with E-state index in [9.17, 15) is 0 Å². The van der Waals surface area contributed by atoms with Crippen LogP contribution in [0.5, 0.6) is 11.5 Å². The van der Waals surface area contributed by atoms with Crippen LogP contribution in [-0.4, -0.2) is 18.0 Å². The molecular formula is C16H17NO3. The van der Waals surface area contributed by atoms with Crippen LogP contribution in [0.15, 0.2) is 53.7 Å². The van der Waals surface area contributed by atoms with E-state index < -0.39 is 0 Å². The van der Waals surface area contributed by atoms with Gasteiger partial charge in [0.25, 0.3) is 0 Å². The quantitative estimate of drug-likeness (QED) is 0.514. The number of oxime groups is 1. The summed E-state index contributed by atoms with van der Waals surface area (Å²) in [4.78, 5) is 0. The molecule has 104 valence electrons. The Labute approximate surface area is 118 Å². The van der Waals surface area contributed by atoms with Gasteiger partial charge in [-0.1, -0.05) is 29.4 Å². The van der Waals surface area contributed by atoms with Gasteiger partial charge in [0.1, 0.15) is 18.1 Å². The summed E-state index contributed by atoms with van der Waals surface area (Å²) in [6.45, 7) is 2.21. The second-order valence-electron chi connectivity index (χ2n) is 4.35. The largest absolute Gasteiger partial charge is 0.497 e. The van der Waals surface area contributed by atoms with Gasteiger partial charge in [-0.2, -0.15) is 0 Å².